The minimum absolute atomic E-state index is 0.293. The molecule has 0 spiro atoms. The van der Waals surface area contributed by atoms with E-state index >= 15 is 0 Å². The first-order chi connectivity index (χ1) is 19.9. The van der Waals surface area contributed by atoms with Gasteiger partial charge in [-0.2, -0.15) is 10.2 Å². The van der Waals surface area contributed by atoms with Crippen molar-refractivity contribution in [3.8, 4) is 11.1 Å². The second-order valence-electron chi connectivity index (χ2n) is 11.0. The molecule has 5 aromatic rings. The Morgan fingerprint density at radius 2 is 1.63 bits per heavy atom. The molecule has 2 fully saturated rings. The van der Waals surface area contributed by atoms with E-state index in [-0.39, 0.29) is 5.82 Å². The Labute approximate surface area is 236 Å². The van der Waals surface area contributed by atoms with Crippen LogP contribution in [0.3, 0.4) is 0 Å². The van der Waals surface area contributed by atoms with Gasteiger partial charge in [0.2, 0.25) is 5.95 Å². The van der Waals surface area contributed by atoms with Crippen LogP contribution in [0.5, 0.6) is 0 Å². The molecule has 2 aliphatic heterocycles. The summed E-state index contributed by atoms with van der Waals surface area (Å²) in [6.45, 7) is 7.39. The molecule has 210 valence electrons. The standard InChI is InChI=1S/C29H31FN10O/c1-29(31,23-2-4-25(30)5-3-23)24-12-32-28(33-13-24)38-8-6-37(7-9-38)27-26-10-21(16-40(26)36-19-34-27)22-11-35-39(15-22)14-20-17-41-18-20/h2-5,10-13,15-16,19-20H,6-9,14,17-18,31H2,1H3. The van der Waals surface area contributed by atoms with E-state index in [0.29, 0.717) is 11.9 Å². The van der Waals surface area contributed by atoms with Crippen LogP contribution in [0.2, 0.25) is 0 Å². The molecule has 11 nitrogen and oxygen atoms in total. The van der Waals surface area contributed by atoms with Gasteiger partial charge in [0.15, 0.2) is 5.82 Å². The summed E-state index contributed by atoms with van der Waals surface area (Å²) < 4.78 is 22.5. The highest BCUT2D eigenvalue weighted by atomic mass is 19.1. The number of ether oxygens (including phenoxy) is 1. The van der Waals surface area contributed by atoms with Gasteiger partial charge in [0.05, 0.1) is 24.9 Å². The number of fused-ring (bicyclic) bond motifs is 1. The maximum Gasteiger partial charge on any atom is 0.225 e. The Morgan fingerprint density at radius 3 is 2.34 bits per heavy atom. The first-order valence-corrected chi connectivity index (χ1v) is 13.8. The smallest absolute Gasteiger partial charge is 0.225 e. The van der Waals surface area contributed by atoms with Crippen LogP contribution in [-0.4, -0.2) is 73.7 Å². The third kappa shape index (κ3) is 4.89. The summed E-state index contributed by atoms with van der Waals surface area (Å²) in [5.74, 6) is 1.81. The molecule has 6 heterocycles. The van der Waals surface area contributed by atoms with Crippen LogP contribution in [0, 0.1) is 11.7 Å². The minimum atomic E-state index is -0.830. The van der Waals surface area contributed by atoms with Crippen molar-refractivity contribution in [1.82, 2.24) is 34.3 Å². The van der Waals surface area contributed by atoms with Crippen LogP contribution in [0.1, 0.15) is 18.1 Å². The van der Waals surface area contributed by atoms with Gasteiger partial charge in [0.1, 0.15) is 17.7 Å². The van der Waals surface area contributed by atoms with E-state index in [1.54, 1.807) is 30.9 Å². The van der Waals surface area contributed by atoms with Gasteiger partial charge >= 0.3 is 0 Å². The molecule has 0 saturated carbocycles. The second-order valence-corrected chi connectivity index (χ2v) is 11.0. The molecule has 0 radical (unpaired) electrons. The number of aromatic nitrogens is 7. The lowest BCUT2D eigenvalue weighted by Gasteiger charge is -2.35. The maximum atomic E-state index is 13.4. The molecule has 1 atom stereocenters. The molecule has 2 saturated heterocycles. The van der Waals surface area contributed by atoms with E-state index in [1.165, 1.54) is 12.1 Å². The van der Waals surface area contributed by atoms with Gasteiger partial charge in [0.25, 0.3) is 0 Å². The molecule has 7 rings (SSSR count). The number of hydrogen-bond acceptors (Lipinski definition) is 9. The average Bonchev–Trinajstić information content (AvgIpc) is 3.63. The van der Waals surface area contributed by atoms with Crippen molar-refractivity contribution in [2.24, 2.45) is 11.7 Å². The van der Waals surface area contributed by atoms with Crippen LogP contribution in [0.25, 0.3) is 16.6 Å². The van der Waals surface area contributed by atoms with E-state index < -0.39 is 5.54 Å². The maximum absolute atomic E-state index is 13.4. The number of rotatable bonds is 7. The number of benzene rings is 1. The fourth-order valence-electron chi connectivity index (χ4n) is 5.42. The molecule has 12 heteroatoms. The third-order valence-corrected chi connectivity index (χ3v) is 8.05. The van der Waals surface area contributed by atoms with Crippen LogP contribution < -0.4 is 15.5 Å². The lowest BCUT2D eigenvalue weighted by molar-refractivity contribution is -0.0408. The first kappa shape index (κ1) is 25.5. The molecular weight excluding hydrogens is 523 g/mol. The Morgan fingerprint density at radius 1 is 0.902 bits per heavy atom. The summed E-state index contributed by atoms with van der Waals surface area (Å²) in [6.07, 6.45) is 11.1. The van der Waals surface area contributed by atoms with E-state index in [4.69, 9.17) is 10.5 Å². The number of hydrogen-bond donors (Lipinski definition) is 1. The molecule has 0 aliphatic carbocycles. The number of nitrogens with zero attached hydrogens (tertiary/aromatic N) is 9. The quantitative estimate of drug-likeness (QED) is 0.324. The summed E-state index contributed by atoms with van der Waals surface area (Å²) >= 11 is 0. The van der Waals surface area contributed by atoms with Gasteiger partial charge in [-0.05, 0) is 30.7 Å². The Bertz CT molecular complexity index is 1650. The summed E-state index contributed by atoms with van der Waals surface area (Å²) in [5.41, 5.74) is 10.4. The molecule has 4 aromatic heterocycles. The van der Waals surface area contributed by atoms with E-state index in [9.17, 15) is 4.39 Å². The molecule has 41 heavy (non-hydrogen) atoms. The molecule has 2 aliphatic rings. The zero-order valence-electron chi connectivity index (χ0n) is 22.8. The number of nitrogens with two attached hydrogens (primary N) is 1. The van der Waals surface area contributed by atoms with Gasteiger partial charge in [0, 0.05) is 80.1 Å². The zero-order chi connectivity index (χ0) is 28.0. The summed E-state index contributed by atoms with van der Waals surface area (Å²) in [5, 5.41) is 8.99. The van der Waals surface area contributed by atoms with E-state index in [0.717, 1.165) is 79.5 Å². The Kier molecular flexibility index (Phi) is 6.36. The van der Waals surface area contributed by atoms with Gasteiger partial charge in [-0.15, -0.1) is 0 Å². The lowest BCUT2D eigenvalue weighted by Crippen LogP contribution is -2.47. The monoisotopic (exact) mass is 554 g/mol. The van der Waals surface area contributed by atoms with Crippen molar-refractivity contribution in [3.63, 3.8) is 0 Å². The molecular formula is C29H31FN10O. The van der Waals surface area contributed by atoms with Crippen molar-refractivity contribution < 1.29 is 9.13 Å². The SMILES string of the molecule is CC(N)(c1ccc(F)cc1)c1cnc(N2CCN(c3ncnn4cc(-c5cnn(CC6COC6)c5)cc34)CC2)nc1. The fourth-order valence-corrected chi connectivity index (χ4v) is 5.42. The largest absolute Gasteiger partial charge is 0.381 e. The van der Waals surface area contributed by atoms with E-state index in [1.807, 2.05) is 28.5 Å². The average molecular weight is 555 g/mol. The molecule has 0 bridgehead atoms. The molecule has 1 aromatic carbocycles. The normalized spacial score (nSPS) is 17.5. The summed E-state index contributed by atoms with van der Waals surface area (Å²) in [6, 6.07) is 8.34. The van der Waals surface area contributed by atoms with Crippen molar-refractivity contribution in [1.29, 1.82) is 0 Å². The van der Waals surface area contributed by atoms with Gasteiger partial charge in [-0.3, -0.25) is 4.68 Å². The van der Waals surface area contributed by atoms with E-state index in [2.05, 4.69) is 47.2 Å². The highest BCUT2D eigenvalue weighted by molar-refractivity contribution is 5.77. The zero-order valence-corrected chi connectivity index (χ0v) is 22.8. The van der Waals surface area contributed by atoms with Crippen molar-refractivity contribution in [2.75, 3.05) is 49.2 Å². The Balaban J connectivity index is 1.03. The lowest BCUT2D eigenvalue weighted by atomic mass is 9.87. The van der Waals surface area contributed by atoms with Crippen molar-refractivity contribution >= 4 is 17.3 Å². The van der Waals surface area contributed by atoms with Crippen molar-refractivity contribution in [3.05, 3.63) is 84.6 Å². The van der Waals surface area contributed by atoms with Crippen LogP contribution >= 0.6 is 0 Å². The fraction of sp³-hybridized carbons (Fsp3) is 0.345. The van der Waals surface area contributed by atoms with Gasteiger partial charge in [-0.25, -0.2) is 23.9 Å². The Hall–Kier alpha value is -4.42. The predicted octanol–water partition coefficient (Wildman–Crippen LogP) is 2.72. The summed E-state index contributed by atoms with van der Waals surface area (Å²) in [7, 11) is 0. The predicted molar refractivity (Wildman–Crippen MR) is 152 cm³/mol. The molecule has 2 N–H and O–H groups in total. The minimum Gasteiger partial charge on any atom is -0.381 e. The molecule has 1 unspecified atom stereocenters. The summed E-state index contributed by atoms with van der Waals surface area (Å²) in [4.78, 5) is 18.3. The topological polar surface area (TPSA) is 116 Å². The number of anilines is 2. The highest BCUT2D eigenvalue weighted by Crippen LogP contribution is 2.29. The van der Waals surface area contributed by atoms with Crippen LogP contribution in [0.15, 0.2) is 67.6 Å². The van der Waals surface area contributed by atoms with Gasteiger partial charge in [-0.1, -0.05) is 12.1 Å². The number of halogens is 1. The van der Waals surface area contributed by atoms with Gasteiger partial charge < -0.3 is 20.3 Å². The van der Waals surface area contributed by atoms with Crippen LogP contribution in [-0.2, 0) is 16.8 Å². The first-order valence-electron chi connectivity index (χ1n) is 13.8. The third-order valence-electron chi connectivity index (χ3n) is 8.05. The second kappa shape index (κ2) is 10.2. The molecule has 0 amide bonds. The highest BCUT2D eigenvalue weighted by Gasteiger charge is 2.27. The van der Waals surface area contributed by atoms with Crippen molar-refractivity contribution in [2.45, 2.75) is 19.0 Å². The number of piperazine rings is 1. The van der Waals surface area contributed by atoms with Crippen LogP contribution in [0.4, 0.5) is 16.2 Å².